The van der Waals surface area contributed by atoms with Gasteiger partial charge in [0.2, 0.25) is 23.6 Å². The Morgan fingerprint density at radius 3 is 1.33 bits per heavy atom. The number of hydrogen-bond donors (Lipinski definition) is 4. The third-order valence-corrected chi connectivity index (χ3v) is 9.00. The van der Waals surface area contributed by atoms with Crippen molar-refractivity contribution in [1.29, 1.82) is 0 Å². The highest BCUT2D eigenvalue weighted by Gasteiger charge is 2.40. The first-order valence-corrected chi connectivity index (χ1v) is 21.4. The van der Waals surface area contributed by atoms with E-state index < -0.39 is 24.1 Å². The second kappa shape index (κ2) is 31.0. The molecule has 0 saturated heterocycles. The summed E-state index contributed by atoms with van der Waals surface area (Å²) in [6.45, 7) is 2.09. The third kappa shape index (κ3) is 27.2. The molecule has 16 nitrogen and oxygen atoms in total. The molecule has 0 spiro atoms. The van der Waals surface area contributed by atoms with E-state index in [9.17, 15) is 24.1 Å². The Bertz CT molecular complexity index is 1190. The van der Waals surface area contributed by atoms with Crippen molar-refractivity contribution in [2.75, 3.05) is 106 Å². The molecule has 18 heteroatoms. The maximum Gasteiger partial charge on any atom is 0.223 e. The van der Waals surface area contributed by atoms with Crippen molar-refractivity contribution >= 4 is 41.9 Å². The summed E-state index contributed by atoms with van der Waals surface area (Å²) in [7, 11) is 0. The fourth-order valence-electron chi connectivity index (χ4n) is 5.23. The van der Waals surface area contributed by atoms with E-state index >= 15 is 0 Å². The van der Waals surface area contributed by atoms with Gasteiger partial charge in [-0.1, -0.05) is 29.6 Å². The maximum atomic E-state index is 13.6. The molecule has 1 saturated carbocycles. The van der Waals surface area contributed by atoms with Crippen LogP contribution in [0, 0.1) is 42.9 Å². The molecule has 0 bridgehead atoms. The smallest absolute Gasteiger partial charge is 0.223 e. The lowest BCUT2D eigenvalue weighted by molar-refractivity contribution is -0.189. The summed E-state index contributed by atoms with van der Waals surface area (Å²) in [6.07, 6.45) is 16.0. The van der Waals surface area contributed by atoms with E-state index in [0.717, 1.165) is 0 Å². The summed E-state index contributed by atoms with van der Waals surface area (Å²) in [5.74, 6) is 5.41. The summed E-state index contributed by atoms with van der Waals surface area (Å²) in [4.78, 5) is 64.5. The Morgan fingerprint density at radius 1 is 0.655 bits per heavy atom. The van der Waals surface area contributed by atoms with Crippen molar-refractivity contribution in [3.8, 4) is 37.0 Å². The normalized spacial score (nSPS) is 16.0. The van der Waals surface area contributed by atoms with Crippen LogP contribution in [0.25, 0.3) is 0 Å². The molecule has 4 N–H and O–H groups in total. The highest BCUT2D eigenvalue weighted by atomic mass is 32.5. The van der Waals surface area contributed by atoms with Crippen LogP contribution in [0.3, 0.4) is 0 Å². The Balaban J connectivity index is 2.94. The molecule has 1 aliphatic rings. The van der Waals surface area contributed by atoms with Gasteiger partial charge in [-0.25, -0.2) is 0 Å². The summed E-state index contributed by atoms with van der Waals surface area (Å²) >= 11 is 4.89. The third-order valence-electron chi connectivity index (χ3n) is 8.06. The van der Waals surface area contributed by atoms with Crippen LogP contribution < -0.4 is 26.2 Å². The minimum absolute atomic E-state index is 0.00859. The fourth-order valence-corrected chi connectivity index (χ4v) is 6.31. The number of hydrogen-bond acceptors (Lipinski definition) is 13. The molecule has 0 heterocycles. The molecule has 0 aliphatic heterocycles. The Kier molecular flexibility index (Phi) is 28.2. The summed E-state index contributed by atoms with van der Waals surface area (Å²) in [6, 6.07) is 0. The van der Waals surface area contributed by atoms with Crippen molar-refractivity contribution in [2.45, 2.75) is 63.0 Å². The van der Waals surface area contributed by atoms with Crippen LogP contribution in [-0.2, 0) is 63.9 Å². The number of ether oxygens (including phenoxy) is 6. The first kappa shape index (κ1) is 49.9. The highest BCUT2D eigenvalue weighted by molar-refractivity contribution is 8.08. The molecule has 1 rings (SSSR count). The maximum absolute atomic E-state index is 13.6. The van der Waals surface area contributed by atoms with E-state index in [1.54, 1.807) is 0 Å². The zero-order chi connectivity index (χ0) is 40.6. The van der Waals surface area contributed by atoms with Gasteiger partial charge in [0.25, 0.3) is 0 Å². The number of rotatable bonds is 34. The molecule has 1 unspecified atom stereocenters. The number of amides is 4. The molecule has 55 heavy (non-hydrogen) atoms. The number of carbonyl (C=O) groups excluding carboxylic acids is 4. The standard InChI is InChI=1S/C37H59N4O12PS/c1-5-17-47-23-26-50-20-14-38-33(42)8-11-37(41-36(45)31-29-32(30-31)53-54(4,46)55,12-9-34(43)39-15-21-51-27-24-48-18-6-2)13-10-35(44)40-16-22-52-28-25-49-19-7-3/h1-3,31-32H,8-30H2,4H3,(H,38,42)(H,39,43)(H,40,44)(H,41,45)(H,46,55)/p-1. The molecule has 0 aromatic rings. The minimum Gasteiger partial charge on any atom is -0.801 e. The molecule has 4 amide bonds. The SMILES string of the molecule is C#CCOCCOCCNC(=O)CCC(CCC(=O)NCCOCCOCC#C)(CCC(=O)NCCOCCOCC#C)NC(=O)C1CC(OP(C)([O-])=S)C1. The van der Waals surface area contributed by atoms with Crippen LogP contribution in [0.15, 0.2) is 0 Å². The molecule has 1 aliphatic carbocycles. The predicted molar refractivity (Wildman–Crippen MR) is 207 cm³/mol. The zero-order valence-electron chi connectivity index (χ0n) is 31.9. The molecule has 1 atom stereocenters. The molecule has 0 aromatic heterocycles. The monoisotopic (exact) mass is 813 g/mol. The van der Waals surface area contributed by atoms with Crippen molar-refractivity contribution in [1.82, 2.24) is 21.3 Å². The van der Waals surface area contributed by atoms with Gasteiger partial charge in [0, 0.05) is 50.4 Å². The van der Waals surface area contributed by atoms with E-state index in [0.29, 0.717) is 52.5 Å². The second-order valence-corrected chi connectivity index (χ2v) is 16.3. The van der Waals surface area contributed by atoms with E-state index in [-0.39, 0.29) is 121 Å². The molecular formula is C37H58N4O12PS-. The number of carbonyl (C=O) groups is 4. The fraction of sp³-hybridized carbons (Fsp3) is 0.730. The lowest BCUT2D eigenvalue weighted by atomic mass is 9.78. The van der Waals surface area contributed by atoms with Gasteiger partial charge in [-0.2, -0.15) is 0 Å². The van der Waals surface area contributed by atoms with Gasteiger partial charge in [-0.3, -0.25) is 19.2 Å². The molecule has 310 valence electrons. The van der Waals surface area contributed by atoms with Gasteiger partial charge < -0.3 is 59.1 Å². The quantitative estimate of drug-likeness (QED) is 0.0373. The lowest BCUT2D eigenvalue weighted by Crippen LogP contribution is -2.54. The zero-order valence-corrected chi connectivity index (χ0v) is 33.6. The summed E-state index contributed by atoms with van der Waals surface area (Å²) < 4.78 is 37.2. The van der Waals surface area contributed by atoms with Gasteiger partial charge in [0.1, 0.15) is 19.8 Å². The predicted octanol–water partition coefficient (Wildman–Crippen LogP) is -0.375. The van der Waals surface area contributed by atoms with Crippen LogP contribution in [0.4, 0.5) is 0 Å². The van der Waals surface area contributed by atoms with E-state index in [2.05, 4.69) is 39.0 Å². The van der Waals surface area contributed by atoms with Crippen molar-refractivity contribution in [3.63, 3.8) is 0 Å². The van der Waals surface area contributed by atoms with Gasteiger partial charge in [-0.05, 0) is 45.3 Å². The van der Waals surface area contributed by atoms with Crippen LogP contribution >= 0.6 is 6.49 Å². The van der Waals surface area contributed by atoms with Crippen LogP contribution in [0.2, 0.25) is 0 Å². The molecule has 0 radical (unpaired) electrons. The largest absolute Gasteiger partial charge is 0.801 e. The van der Waals surface area contributed by atoms with Gasteiger partial charge in [-0.15, -0.1) is 19.3 Å². The number of terminal acetylenes is 3. The van der Waals surface area contributed by atoms with Gasteiger partial charge in [0.05, 0.1) is 65.6 Å². The second-order valence-electron chi connectivity index (χ2n) is 12.6. The first-order chi connectivity index (χ1) is 26.4. The van der Waals surface area contributed by atoms with Crippen LogP contribution in [0.1, 0.15) is 51.4 Å². The first-order valence-electron chi connectivity index (χ1n) is 18.3. The van der Waals surface area contributed by atoms with E-state index in [4.69, 9.17) is 64.0 Å². The van der Waals surface area contributed by atoms with Crippen molar-refractivity contribution < 1.29 is 57.0 Å². The van der Waals surface area contributed by atoms with Gasteiger partial charge >= 0.3 is 0 Å². The van der Waals surface area contributed by atoms with Crippen molar-refractivity contribution in [3.05, 3.63) is 0 Å². The van der Waals surface area contributed by atoms with E-state index in [1.807, 2.05) is 0 Å². The van der Waals surface area contributed by atoms with Crippen LogP contribution in [-0.4, -0.2) is 141 Å². The average Bonchev–Trinajstić information content (AvgIpc) is 3.13. The highest BCUT2D eigenvalue weighted by Crippen LogP contribution is 2.42. The van der Waals surface area contributed by atoms with Crippen LogP contribution in [0.5, 0.6) is 0 Å². The van der Waals surface area contributed by atoms with E-state index in [1.165, 1.54) is 6.66 Å². The molecule has 1 fully saturated rings. The Hall–Kier alpha value is -3.11. The lowest BCUT2D eigenvalue weighted by Gasteiger charge is -2.42. The summed E-state index contributed by atoms with van der Waals surface area (Å²) in [5, 5.41) is 11.5. The topological polar surface area (TPSA) is 204 Å². The molecular weight excluding hydrogens is 755 g/mol. The number of nitrogens with one attached hydrogen (secondary N) is 4. The minimum atomic E-state index is -3.16. The van der Waals surface area contributed by atoms with Crippen molar-refractivity contribution in [2.24, 2.45) is 5.92 Å². The summed E-state index contributed by atoms with van der Waals surface area (Å²) in [5.41, 5.74) is -1.12. The Labute approximate surface area is 331 Å². The Morgan fingerprint density at radius 2 is 1.00 bits per heavy atom. The average molecular weight is 814 g/mol. The van der Waals surface area contributed by atoms with Gasteiger partial charge in [0.15, 0.2) is 0 Å². The molecule has 0 aromatic carbocycles.